The number of nitrogens with zero attached hydrogens (tertiary/aromatic N) is 4. The van der Waals surface area contributed by atoms with Gasteiger partial charge in [0.25, 0.3) is 0 Å². The van der Waals surface area contributed by atoms with E-state index in [1.54, 1.807) is 36.7 Å². The molecular weight excluding hydrogens is 382 g/mol. The molecule has 1 aromatic carbocycles. The van der Waals surface area contributed by atoms with Crippen molar-refractivity contribution in [1.82, 2.24) is 15.4 Å². The molecule has 0 aliphatic carbocycles. The molecule has 0 unspecified atom stereocenters. The van der Waals surface area contributed by atoms with Gasteiger partial charge < -0.3 is 5.11 Å². The average Bonchev–Trinajstić information content (AvgIpc) is 2.65. The summed E-state index contributed by atoms with van der Waals surface area (Å²) in [4.78, 5) is 12.9. The minimum Gasteiger partial charge on any atom is -0.507 e. The van der Waals surface area contributed by atoms with Crippen LogP contribution in [0.15, 0.2) is 81.6 Å². The number of aliphatic imine (C=N–C) groups is 1. The molecule has 2 N–H and O–H groups in total. The number of aromatic hydroxyl groups is 1. The highest BCUT2D eigenvalue weighted by Crippen LogP contribution is 2.20. The van der Waals surface area contributed by atoms with Crippen molar-refractivity contribution in [2.45, 2.75) is 0 Å². The van der Waals surface area contributed by atoms with Crippen molar-refractivity contribution >= 4 is 33.8 Å². The first-order valence-electron chi connectivity index (χ1n) is 7.41. The maximum Gasteiger partial charge on any atom is 0.174 e. The second-order valence-corrected chi connectivity index (χ2v) is 5.85. The Morgan fingerprint density at radius 2 is 1.84 bits per heavy atom. The van der Waals surface area contributed by atoms with Gasteiger partial charge in [0.1, 0.15) is 11.4 Å². The van der Waals surface area contributed by atoms with Crippen LogP contribution in [0.3, 0.4) is 0 Å². The summed E-state index contributed by atoms with van der Waals surface area (Å²) in [6, 6.07) is 16.1. The van der Waals surface area contributed by atoms with Crippen molar-refractivity contribution in [3.8, 4) is 5.75 Å². The Bertz CT molecular complexity index is 898. The van der Waals surface area contributed by atoms with E-state index in [9.17, 15) is 5.11 Å². The predicted octanol–water partition coefficient (Wildman–Crippen LogP) is 3.65. The van der Waals surface area contributed by atoms with Crippen molar-refractivity contribution in [2.75, 3.05) is 0 Å². The van der Waals surface area contributed by atoms with Gasteiger partial charge in [0, 0.05) is 22.4 Å². The number of aromatic nitrogens is 2. The molecule has 0 saturated carbocycles. The van der Waals surface area contributed by atoms with Crippen LogP contribution in [0.2, 0.25) is 0 Å². The van der Waals surface area contributed by atoms with Gasteiger partial charge in [-0.15, -0.1) is 0 Å². The summed E-state index contributed by atoms with van der Waals surface area (Å²) in [7, 11) is 0. The number of nitrogens with one attached hydrogen (secondary N) is 1. The lowest BCUT2D eigenvalue weighted by Crippen LogP contribution is -2.20. The Kier molecular flexibility index (Phi) is 5.48. The summed E-state index contributed by atoms with van der Waals surface area (Å²) in [5.41, 5.74) is 4.07. The van der Waals surface area contributed by atoms with Gasteiger partial charge in [-0.3, -0.25) is 10.4 Å². The number of halogens is 1. The van der Waals surface area contributed by atoms with Crippen LogP contribution in [-0.2, 0) is 0 Å². The number of rotatable bonds is 4. The van der Waals surface area contributed by atoms with E-state index in [4.69, 9.17) is 0 Å². The molecule has 0 bridgehead atoms. The molecule has 3 aromatic rings. The Morgan fingerprint density at radius 3 is 2.56 bits per heavy atom. The molecule has 3 rings (SSSR count). The molecule has 2 heterocycles. The molecule has 0 atom stereocenters. The van der Waals surface area contributed by atoms with Gasteiger partial charge in [-0.05, 0) is 42.5 Å². The number of amidine groups is 1. The van der Waals surface area contributed by atoms with Crippen LogP contribution in [0, 0.1) is 0 Å². The van der Waals surface area contributed by atoms with Crippen molar-refractivity contribution < 1.29 is 5.11 Å². The largest absolute Gasteiger partial charge is 0.507 e. The van der Waals surface area contributed by atoms with E-state index >= 15 is 0 Å². The van der Waals surface area contributed by atoms with Crippen molar-refractivity contribution in [1.29, 1.82) is 0 Å². The number of phenols is 1. The molecule has 0 amide bonds. The lowest BCUT2D eigenvalue weighted by molar-refractivity contribution is 0.474. The normalized spacial score (nSPS) is 11.6. The fourth-order valence-corrected chi connectivity index (χ4v) is 2.35. The van der Waals surface area contributed by atoms with E-state index in [1.165, 1.54) is 6.21 Å². The van der Waals surface area contributed by atoms with Gasteiger partial charge in [0.2, 0.25) is 0 Å². The SMILES string of the molecule is Oc1ccc(Br)cc1C=NNC(=Nc1ccccn1)c1ccccn1. The molecular formula is C18H14BrN5O. The third kappa shape index (κ3) is 4.71. The maximum absolute atomic E-state index is 9.86. The van der Waals surface area contributed by atoms with Gasteiger partial charge in [0.15, 0.2) is 11.7 Å². The number of benzene rings is 1. The minimum absolute atomic E-state index is 0.134. The van der Waals surface area contributed by atoms with E-state index in [0.717, 1.165) is 4.47 Å². The highest BCUT2D eigenvalue weighted by molar-refractivity contribution is 9.10. The van der Waals surface area contributed by atoms with Crippen LogP contribution in [0.4, 0.5) is 5.82 Å². The van der Waals surface area contributed by atoms with E-state index in [1.807, 2.05) is 30.3 Å². The summed E-state index contributed by atoms with van der Waals surface area (Å²) >= 11 is 3.36. The first-order valence-corrected chi connectivity index (χ1v) is 8.20. The molecule has 2 aromatic heterocycles. The summed E-state index contributed by atoms with van der Waals surface area (Å²) in [5.74, 6) is 1.12. The molecule has 0 fully saturated rings. The van der Waals surface area contributed by atoms with Crippen LogP contribution in [0.1, 0.15) is 11.3 Å². The van der Waals surface area contributed by atoms with E-state index in [-0.39, 0.29) is 5.75 Å². The van der Waals surface area contributed by atoms with Crippen molar-refractivity contribution in [3.05, 3.63) is 82.7 Å². The molecule has 7 heteroatoms. The number of hydrazone groups is 1. The van der Waals surface area contributed by atoms with Crippen molar-refractivity contribution in [3.63, 3.8) is 0 Å². The molecule has 6 nitrogen and oxygen atoms in total. The van der Waals surface area contributed by atoms with E-state index in [0.29, 0.717) is 22.9 Å². The minimum atomic E-state index is 0.134. The fraction of sp³-hybridized carbons (Fsp3) is 0. The molecule has 25 heavy (non-hydrogen) atoms. The standard InChI is InChI=1S/C18H14BrN5O/c19-14-7-8-16(25)13(11-14)12-22-24-18(15-5-1-3-9-20-15)23-17-6-2-4-10-21-17/h1-12,25H,(H,21,23,24). The lowest BCUT2D eigenvalue weighted by Gasteiger charge is -2.05. The maximum atomic E-state index is 9.86. The van der Waals surface area contributed by atoms with E-state index < -0.39 is 0 Å². The van der Waals surface area contributed by atoms with Gasteiger partial charge in [-0.1, -0.05) is 28.1 Å². The smallest absolute Gasteiger partial charge is 0.174 e. The van der Waals surface area contributed by atoms with Crippen LogP contribution >= 0.6 is 15.9 Å². The fourth-order valence-electron chi connectivity index (χ4n) is 1.97. The van der Waals surface area contributed by atoms with Gasteiger partial charge in [-0.25, -0.2) is 9.98 Å². The Morgan fingerprint density at radius 1 is 1.04 bits per heavy atom. The monoisotopic (exact) mass is 395 g/mol. The topological polar surface area (TPSA) is 82.8 Å². The summed E-state index contributed by atoms with van der Waals surface area (Å²) < 4.78 is 0.846. The molecule has 0 radical (unpaired) electrons. The molecule has 0 aliphatic rings. The zero-order chi connectivity index (χ0) is 17.5. The highest BCUT2D eigenvalue weighted by Gasteiger charge is 2.05. The Hall–Kier alpha value is -3.06. The van der Waals surface area contributed by atoms with Gasteiger partial charge in [-0.2, -0.15) is 5.10 Å². The van der Waals surface area contributed by atoms with Gasteiger partial charge in [0.05, 0.1) is 6.21 Å². The zero-order valence-corrected chi connectivity index (χ0v) is 14.6. The first kappa shape index (κ1) is 16.8. The Labute approximate surface area is 153 Å². The van der Waals surface area contributed by atoms with Crippen molar-refractivity contribution in [2.24, 2.45) is 10.1 Å². The zero-order valence-electron chi connectivity index (χ0n) is 13.0. The average molecular weight is 396 g/mol. The molecule has 124 valence electrons. The molecule has 0 aliphatic heterocycles. The van der Waals surface area contributed by atoms with Gasteiger partial charge >= 0.3 is 0 Å². The van der Waals surface area contributed by atoms with Crippen LogP contribution in [0.5, 0.6) is 5.75 Å². The highest BCUT2D eigenvalue weighted by atomic mass is 79.9. The Balaban J connectivity index is 1.87. The molecule has 0 saturated heterocycles. The first-order chi connectivity index (χ1) is 12.2. The number of pyridine rings is 2. The predicted molar refractivity (Wildman–Crippen MR) is 101 cm³/mol. The van der Waals surface area contributed by atoms with Crippen LogP contribution in [-0.4, -0.2) is 27.1 Å². The second kappa shape index (κ2) is 8.16. The quantitative estimate of drug-likeness (QED) is 0.401. The summed E-state index contributed by atoms with van der Waals surface area (Å²) in [5, 5.41) is 14.0. The lowest BCUT2D eigenvalue weighted by atomic mass is 10.2. The van der Waals surface area contributed by atoms with Crippen LogP contribution in [0.25, 0.3) is 0 Å². The third-order valence-corrected chi connectivity index (χ3v) is 3.64. The molecule has 0 spiro atoms. The number of phenolic OH excluding ortho intramolecular Hbond substituents is 1. The number of hydrogen-bond donors (Lipinski definition) is 2. The van der Waals surface area contributed by atoms with E-state index in [2.05, 4.69) is 41.4 Å². The summed E-state index contributed by atoms with van der Waals surface area (Å²) in [6.07, 6.45) is 4.85. The summed E-state index contributed by atoms with van der Waals surface area (Å²) in [6.45, 7) is 0. The second-order valence-electron chi connectivity index (χ2n) is 4.94. The third-order valence-electron chi connectivity index (χ3n) is 3.15. The number of hydrogen-bond acceptors (Lipinski definition) is 5. The van der Waals surface area contributed by atoms with Crippen LogP contribution < -0.4 is 5.43 Å².